The van der Waals surface area contributed by atoms with Gasteiger partial charge in [0.25, 0.3) is 0 Å². The summed E-state index contributed by atoms with van der Waals surface area (Å²) in [6.45, 7) is 2.48. The number of halogens is 3. The average Bonchev–Trinajstić information content (AvgIpc) is 2.73. The number of hydrogen-bond acceptors (Lipinski definition) is 6. The van der Waals surface area contributed by atoms with E-state index in [-0.39, 0.29) is 6.61 Å². The highest BCUT2D eigenvalue weighted by Crippen LogP contribution is 2.31. The first kappa shape index (κ1) is 22.9. The van der Waals surface area contributed by atoms with Crippen molar-refractivity contribution in [3.05, 3.63) is 47.5 Å². The number of ether oxygens (including phenoxy) is 4. The van der Waals surface area contributed by atoms with Gasteiger partial charge in [0, 0.05) is 27.2 Å². The molecule has 2 aromatic carbocycles. The largest absolute Gasteiger partial charge is 0.486 e. The summed E-state index contributed by atoms with van der Waals surface area (Å²) in [5.74, 6) is 3.62. The molecule has 6 nitrogen and oxygen atoms in total. The van der Waals surface area contributed by atoms with Gasteiger partial charge in [0.05, 0.1) is 6.61 Å². The van der Waals surface area contributed by atoms with Gasteiger partial charge in [0.1, 0.15) is 26.4 Å². The molecule has 0 spiro atoms. The van der Waals surface area contributed by atoms with Gasteiger partial charge in [-0.2, -0.15) is 0 Å². The van der Waals surface area contributed by atoms with E-state index in [4.69, 9.17) is 39.9 Å². The van der Waals surface area contributed by atoms with Crippen LogP contribution in [0.25, 0.3) is 0 Å². The fourth-order valence-electron chi connectivity index (χ4n) is 2.36. The Morgan fingerprint density at radius 2 is 1.18 bits per heavy atom. The predicted molar refractivity (Wildman–Crippen MR) is 110 cm³/mol. The molecule has 0 saturated heterocycles. The maximum Gasteiger partial charge on any atom is 0.211 e. The van der Waals surface area contributed by atoms with Crippen LogP contribution in [0.3, 0.4) is 0 Å². The third-order valence-corrected chi connectivity index (χ3v) is 3.86. The smallest absolute Gasteiger partial charge is 0.211 e. The van der Waals surface area contributed by atoms with Crippen molar-refractivity contribution in [1.29, 1.82) is 0 Å². The zero-order valence-corrected chi connectivity index (χ0v) is 17.8. The Morgan fingerprint density at radius 1 is 0.786 bits per heavy atom. The summed E-state index contributed by atoms with van der Waals surface area (Å²) >= 11 is 5.67. The molecule has 28 heavy (non-hydrogen) atoms. The number of fused-ring (bicyclic) bond motifs is 2. The van der Waals surface area contributed by atoms with Gasteiger partial charge in [-0.15, -0.1) is 11.6 Å². The number of aliphatic hydroxyl groups excluding tert-OH is 1. The van der Waals surface area contributed by atoms with Gasteiger partial charge in [-0.1, -0.05) is 12.1 Å². The van der Waals surface area contributed by atoms with E-state index in [0.29, 0.717) is 32.3 Å². The van der Waals surface area contributed by atoms with Crippen LogP contribution >= 0.6 is 33.0 Å². The van der Waals surface area contributed by atoms with Crippen molar-refractivity contribution in [2.75, 3.05) is 26.4 Å². The lowest BCUT2D eigenvalue weighted by molar-refractivity contribution is 0.171. The van der Waals surface area contributed by atoms with Gasteiger partial charge in [-0.3, -0.25) is 0 Å². The Kier molecular flexibility index (Phi) is 10.0. The summed E-state index contributed by atoms with van der Waals surface area (Å²) in [4.78, 5) is 0. The zero-order valence-electron chi connectivity index (χ0n) is 14.7. The molecule has 2 heterocycles. The summed E-state index contributed by atoms with van der Waals surface area (Å²) in [6, 6.07) is 11.2. The Balaban J connectivity index is 0.000000169. The van der Waals surface area contributed by atoms with Gasteiger partial charge in [0.2, 0.25) is 9.23 Å². The van der Waals surface area contributed by atoms with E-state index in [9.17, 15) is 0 Å². The SMILES string of the molecule is ClCc1ccc2c(c1)OCCO2.O=S(Cl)Cl.OCc1ccc2c(c1)OCCO2. The van der Waals surface area contributed by atoms with E-state index in [0.717, 1.165) is 34.1 Å². The lowest BCUT2D eigenvalue weighted by Gasteiger charge is -2.18. The van der Waals surface area contributed by atoms with E-state index in [1.54, 1.807) is 6.07 Å². The van der Waals surface area contributed by atoms with Crippen LogP contribution in [0.2, 0.25) is 0 Å². The number of alkyl halides is 1. The lowest BCUT2D eigenvalue weighted by Crippen LogP contribution is -2.15. The molecule has 1 N–H and O–H groups in total. The van der Waals surface area contributed by atoms with Crippen molar-refractivity contribution in [1.82, 2.24) is 0 Å². The van der Waals surface area contributed by atoms with E-state index in [1.807, 2.05) is 30.3 Å². The van der Waals surface area contributed by atoms with E-state index >= 15 is 0 Å². The van der Waals surface area contributed by atoms with Gasteiger partial charge in [0.15, 0.2) is 23.0 Å². The van der Waals surface area contributed by atoms with Gasteiger partial charge in [-0.25, -0.2) is 4.21 Å². The molecule has 0 aromatic heterocycles. The van der Waals surface area contributed by atoms with E-state index < -0.39 is 9.23 Å². The van der Waals surface area contributed by atoms with Crippen LogP contribution in [0.15, 0.2) is 36.4 Å². The van der Waals surface area contributed by atoms with Crippen LogP contribution in [-0.4, -0.2) is 35.7 Å². The quantitative estimate of drug-likeness (QED) is 0.525. The van der Waals surface area contributed by atoms with Crippen molar-refractivity contribution < 1.29 is 28.3 Å². The highest BCUT2D eigenvalue weighted by molar-refractivity contribution is 8.26. The number of aliphatic hydroxyl groups is 1. The normalized spacial score (nSPS) is 13.6. The summed E-state index contributed by atoms with van der Waals surface area (Å²) in [5, 5.41) is 8.84. The van der Waals surface area contributed by atoms with Crippen molar-refractivity contribution in [2.24, 2.45) is 0 Å². The molecule has 2 aliphatic rings. The molecule has 0 fully saturated rings. The molecular formula is C18H19Cl3O6S. The van der Waals surface area contributed by atoms with Crippen molar-refractivity contribution in [2.45, 2.75) is 12.5 Å². The summed E-state index contributed by atoms with van der Waals surface area (Å²) in [5.41, 5.74) is 1.90. The molecule has 0 saturated carbocycles. The summed E-state index contributed by atoms with van der Waals surface area (Å²) in [7, 11) is 7.36. The first-order chi connectivity index (χ1) is 13.5. The summed E-state index contributed by atoms with van der Waals surface area (Å²) < 4.78 is 30.5. The standard InChI is InChI=1S/C9H9ClO2.C9H10O3.Cl2OS/c2*10-6-7-1-2-8-9(5-7)12-4-3-11-8;1-4(2)3/h1-2,5H,3-4,6H2;1-2,5,10H,3-4,6H2;. The van der Waals surface area contributed by atoms with Gasteiger partial charge >= 0.3 is 0 Å². The first-order valence-corrected chi connectivity index (χ1v) is 11.5. The van der Waals surface area contributed by atoms with E-state index in [2.05, 4.69) is 21.4 Å². The van der Waals surface area contributed by atoms with E-state index in [1.165, 1.54) is 0 Å². The highest BCUT2D eigenvalue weighted by Gasteiger charge is 2.11. The fraction of sp³-hybridized carbons (Fsp3) is 0.333. The fourth-order valence-corrected chi connectivity index (χ4v) is 2.52. The molecule has 0 amide bonds. The summed E-state index contributed by atoms with van der Waals surface area (Å²) in [6.07, 6.45) is 0. The topological polar surface area (TPSA) is 74.2 Å². The van der Waals surface area contributed by atoms with Crippen LogP contribution in [0, 0.1) is 0 Å². The Labute approximate surface area is 179 Å². The van der Waals surface area contributed by atoms with Crippen molar-refractivity contribution in [3.8, 4) is 23.0 Å². The molecule has 2 aromatic rings. The molecule has 0 radical (unpaired) electrons. The van der Waals surface area contributed by atoms with Crippen molar-refractivity contribution >= 4 is 42.2 Å². The average molecular weight is 470 g/mol. The lowest BCUT2D eigenvalue weighted by atomic mass is 10.2. The minimum Gasteiger partial charge on any atom is -0.486 e. The molecule has 0 unspecified atom stereocenters. The molecule has 0 atom stereocenters. The zero-order chi connectivity index (χ0) is 20.4. The van der Waals surface area contributed by atoms with Crippen LogP contribution < -0.4 is 18.9 Å². The Bertz CT molecular complexity index is 726. The monoisotopic (exact) mass is 468 g/mol. The minimum atomic E-state index is -1.67. The van der Waals surface area contributed by atoms with Gasteiger partial charge < -0.3 is 24.1 Å². The number of rotatable bonds is 2. The Hall–Kier alpha value is -1.38. The molecule has 2 aliphatic heterocycles. The van der Waals surface area contributed by atoms with Crippen LogP contribution in [-0.2, 0) is 21.7 Å². The minimum absolute atomic E-state index is 0.0383. The maximum atomic E-state index is 9.09. The third-order valence-electron chi connectivity index (χ3n) is 3.55. The molecule has 154 valence electrons. The second-order valence-corrected chi connectivity index (χ2v) is 8.22. The highest BCUT2D eigenvalue weighted by atomic mass is 36.0. The van der Waals surface area contributed by atoms with Crippen molar-refractivity contribution in [3.63, 3.8) is 0 Å². The number of benzene rings is 2. The second-order valence-electron chi connectivity index (χ2n) is 5.43. The Morgan fingerprint density at radius 3 is 1.61 bits per heavy atom. The predicted octanol–water partition coefficient (Wildman–Crippen LogP) is 4.19. The third kappa shape index (κ3) is 7.56. The molecule has 10 heteroatoms. The van der Waals surface area contributed by atoms with Gasteiger partial charge in [-0.05, 0) is 35.4 Å². The van der Waals surface area contributed by atoms with Crippen LogP contribution in [0.4, 0.5) is 0 Å². The maximum absolute atomic E-state index is 9.09. The molecule has 0 aliphatic carbocycles. The molecular weight excluding hydrogens is 451 g/mol. The second kappa shape index (κ2) is 12.2. The first-order valence-electron chi connectivity index (χ1n) is 8.21. The molecule has 0 bridgehead atoms. The molecule has 4 rings (SSSR count). The number of hydrogen-bond donors (Lipinski definition) is 1. The van der Waals surface area contributed by atoms with Crippen LogP contribution in [0.5, 0.6) is 23.0 Å². The van der Waals surface area contributed by atoms with Crippen LogP contribution in [0.1, 0.15) is 11.1 Å².